The second-order valence-corrected chi connectivity index (χ2v) is 4.73. The Hall–Kier alpha value is -1.62. The fourth-order valence-corrected chi connectivity index (χ4v) is 2.21. The topological polar surface area (TPSA) is 47.6 Å². The van der Waals surface area contributed by atoms with E-state index in [0.29, 0.717) is 5.75 Å². The highest BCUT2D eigenvalue weighted by Gasteiger charge is 2.51. The number of esters is 1. The van der Waals surface area contributed by atoms with Crippen molar-refractivity contribution < 1.29 is 18.7 Å². The number of ether oxygens (including phenoxy) is 2. The van der Waals surface area contributed by atoms with Crippen LogP contribution in [0.4, 0.5) is 4.39 Å². The number of nitrogens with one attached hydrogen (secondary N) is 1. The van der Waals surface area contributed by atoms with Crippen LogP contribution in [-0.4, -0.2) is 32.3 Å². The summed E-state index contributed by atoms with van der Waals surface area (Å²) in [6.07, 6.45) is 1.95. The van der Waals surface area contributed by atoms with E-state index < -0.39 is 5.54 Å². The Morgan fingerprint density at radius 3 is 2.53 bits per heavy atom. The maximum Gasteiger partial charge on any atom is 0.329 e. The van der Waals surface area contributed by atoms with Crippen LogP contribution in [0.2, 0.25) is 0 Å². The lowest BCUT2D eigenvalue weighted by Gasteiger charge is -2.30. The molecule has 1 atom stereocenters. The Labute approximate surface area is 111 Å². The predicted molar refractivity (Wildman–Crippen MR) is 68.4 cm³/mol. The summed E-state index contributed by atoms with van der Waals surface area (Å²) in [5, 5.41) is 3.04. The maximum absolute atomic E-state index is 12.8. The Kier molecular flexibility index (Phi) is 4.04. The van der Waals surface area contributed by atoms with Crippen molar-refractivity contribution in [2.45, 2.75) is 18.4 Å². The van der Waals surface area contributed by atoms with Gasteiger partial charge in [-0.1, -0.05) is 0 Å². The molecule has 0 bridgehead atoms. The molecule has 2 rings (SSSR count). The van der Waals surface area contributed by atoms with Crippen LogP contribution in [0.1, 0.15) is 12.8 Å². The number of methoxy groups -OCH3 is 1. The van der Waals surface area contributed by atoms with Crippen LogP contribution in [0.5, 0.6) is 5.75 Å². The average Bonchev–Trinajstić information content (AvgIpc) is 3.26. The van der Waals surface area contributed by atoms with Gasteiger partial charge in [-0.05, 0) is 50.1 Å². The summed E-state index contributed by atoms with van der Waals surface area (Å²) < 4.78 is 23.3. The van der Waals surface area contributed by atoms with Gasteiger partial charge >= 0.3 is 5.97 Å². The number of hydrogen-bond acceptors (Lipinski definition) is 4. The fourth-order valence-electron chi connectivity index (χ4n) is 2.21. The monoisotopic (exact) mass is 267 g/mol. The molecule has 19 heavy (non-hydrogen) atoms. The normalized spacial score (nSPS) is 17.6. The quantitative estimate of drug-likeness (QED) is 0.798. The number of carbonyl (C=O) groups excluding carboxylic acids is 1. The van der Waals surface area contributed by atoms with E-state index in [-0.39, 0.29) is 24.3 Å². The van der Waals surface area contributed by atoms with Gasteiger partial charge in [0.15, 0.2) is 5.54 Å². The van der Waals surface area contributed by atoms with E-state index in [4.69, 9.17) is 9.47 Å². The van der Waals surface area contributed by atoms with Gasteiger partial charge in [0.05, 0.1) is 7.11 Å². The Morgan fingerprint density at radius 1 is 1.42 bits per heavy atom. The summed E-state index contributed by atoms with van der Waals surface area (Å²) in [6, 6.07) is 5.73. The molecule has 1 N–H and O–H groups in total. The molecule has 0 radical (unpaired) electrons. The van der Waals surface area contributed by atoms with Crippen LogP contribution in [0, 0.1) is 11.7 Å². The summed E-state index contributed by atoms with van der Waals surface area (Å²) in [5.41, 5.74) is -0.816. The molecule has 0 spiro atoms. The van der Waals surface area contributed by atoms with Gasteiger partial charge in [-0.3, -0.25) is 0 Å². The number of halogens is 1. The minimum absolute atomic E-state index is 0.173. The molecule has 1 unspecified atom stereocenters. The Bertz CT molecular complexity index is 445. The van der Waals surface area contributed by atoms with Crippen molar-refractivity contribution in [1.29, 1.82) is 0 Å². The SMILES string of the molecule is CNC(COc1ccc(F)cc1)(C(=O)OC)C1CC1. The first-order valence-corrected chi connectivity index (χ1v) is 6.28. The predicted octanol–water partition coefficient (Wildman–Crippen LogP) is 1.75. The summed E-state index contributed by atoms with van der Waals surface area (Å²) in [4.78, 5) is 12.0. The average molecular weight is 267 g/mol. The lowest BCUT2D eigenvalue weighted by molar-refractivity contribution is -0.151. The first-order valence-electron chi connectivity index (χ1n) is 6.28. The van der Waals surface area contributed by atoms with Gasteiger partial charge in [-0.2, -0.15) is 0 Å². The maximum atomic E-state index is 12.8. The molecule has 0 saturated heterocycles. The van der Waals surface area contributed by atoms with Gasteiger partial charge in [-0.25, -0.2) is 9.18 Å². The van der Waals surface area contributed by atoms with Crippen molar-refractivity contribution in [1.82, 2.24) is 5.32 Å². The summed E-state index contributed by atoms with van der Waals surface area (Å²) in [5.74, 6) is 0.123. The molecule has 104 valence electrons. The molecule has 1 aliphatic rings. The van der Waals surface area contributed by atoms with Crippen LogP contribution in [0.25, 0.3) is 0 Å². The van der Waals surface area contributed by atoms with E-state index in [1.165, 1.54) is 19.2 Å². The number of hydrogen-bond donors (Lipinski definition) is 1. The zero-order valence-corrected chi connectivity index (χ0v) is 11.1. The first kappa shape index (κ1) is 13.8. The van der Waals surface area contributed by atoms with E-state index in [0.717, 1.165) is 12.8 Å². The molecule has 5 heteroatoms. The minimum Gasteiger partial charge on any atom is -0.491 e. The molecule has 1 aromatic carbocycles. The third kappa shape index (κ3) is 2.87. The van der Waals surface area contributed by atoms with E-state index in [1.54, 1.807) is 19.2 Å². The van der Waals surface area contributed by atoms with Gasteiger partial charge in [0, 0.05) is 0 Å². The van der Waals surface area contributed by atoms with E-state index in [2.05, 4.69) is 5.32 Å². The van der Waals surface area contributed by atoms with Gasteiger partial charge in [0.25, 0.3) is 0 Å². The largest absolute Gasteiger partial charge is 0.491 e. The lowest BCUT2D eigenvalue weighted by Crippen LogP contribution is -2.57. The van der Waals surface area contributed by atoms with Gasteiger partial charge in [0.1, 0.15) is 18.2 Å². The molecule has 0 heterocycles. The zero-order valence-electron chi connectivity index (χ0n) is 11.1. The standard InChI is InChI=1S/C14H18FNO3/c1-16-14(10-3-4-10,13(17)18-2)9-19-12-7-5-11(15)6-8-12/h5-8,10,16H,3-4,9H2,1-2H3. The van der Waals surface area contributed by atoms with E-state index in [9.17, 15) is 9.18 Å². The lowest BCUT2D eigenvalue weighted by atomic mass is 9.94. The molecular weight excluding hydrogens is 249 g/mol. The molecule has 4 nitrogen and oxygen atoms in total. The second-order valence-electron chi connectivity index (χ2n) is 4.73. The zero-order chi connectivity index (χ0) is 13.9. The number of carbonyl (C=O) groups is 1. The van der Waals surface area contributed by atoms with Crippen molar-refractivity contribution in [3.8, 4) is 5.75 Å². The molecular formula is C14H18FNO3. The van der Waals surface area contributed by atoms with Crippen LogP contribution >= 0.6 is 0 Å². The Balaban J connectivity index is 2.08. The molecule has 1 saturated carbocycles. The second kappa shape index (κ2) is 5.57. The third-order valence-electron chi connectivity index (χ3n) is 3.55. The highest BCUT2D eigenvalue weighted by atomic mass is 19.1. The van der Waals surface area contributed by atoms with Crippen LogP contribution in [0.15, 0.2) is 24.3 Å². The molecule has 0 amide bonds. The van der Waals surface area contributed by atoms with Crippen LogP contribution < -0.4 is 10.1 Å². The molecule has 1 aromatic rings. The summed E-state index contributed by atoms with van der Waals surface area (Å²) >= 11 is 0. The smallest absolute Gasteiger partial charge is 0.329 e. The molecule has 1 aliphatic carbocycles. The highest BCUT2D eigenvalue weighted by Crippen LogP contribution is 2.40. The summed E-state index contributed by atoms with van der Waals surface area (Å²) in [6.45, 7) is 0.173. The number of rotatable bonds is 6. The summed E-state index contributed by atoms with van der Waals surface area (Å²) in [7, 11) is 3.10. The van der Waals surface area contributed by atoms with E-state index >= 15 is 0 Å². The first-order chi connectivity index (χ1) is 9.12. The molecule has 1 fully saturated rings. The molecule has 0 aromatic heterocycles. The van der Waals surface area contributed by atoms with Gasteiger partial charge < -0.3 is 14.8 Å². The molecule has 0 aliphatic heterocycles. The van der Waals surface area contributed by atoms with Crippen LogP contribution in [-0.2, 0) is 9.53 Å². The Morgan fingerprint density at radius 2 is 2.05 bits per heavy atom. The van der Waals surface area contributed by atoms with Crippen molar-refractivity contribution >= 4 is 5.97 Å². The van der Waals surface area contributed by atoms with Gasteiger partial charge in [0.2, 0.25) is 0 Å². The minimum atomic E-state index is -0.816. The third-order valence-corrected chi connectivity index (χ3v) is 3.55. The fraction of sp³-hybridized carbons (Fsp3) is 0.500. The van der Waals surface area contributed by atoms with E-state index in [1.807, 2.05) is 0 Å². The van der Waals surface area contributed by atoms with Gasteiger partial charge in [-0.15, -0.1) is 0 Å². The van der Waals surface area contributed by atoms with Crippen LogP contribution in [0.3, 0.4) is 0 Å². The van der Waals surface area contributed by atoms with Crippen molar-refractivity contribution in [2.75, 3.05) is 20.8 Å². The van der Waals surface area contributed by atoms with Crippen molar-refractivity contribution in [2.24, 2.45) is 5.92 Å². The van der Waals surface area contributed by atoms with Crippen molar-refractivity contribution in [3.63, 3.8) is 0 Å². The number of likely N-dealkylation sites (N-methyl/N-ethyl adjacent to an activating group) is 1. The highest BCUT2D eigenvalue weighted by molar-refractivity contribution is 5.82. The van der Waals surface area contributed by atoms with Crippen molar-refractivity contribution in [3.05, 3.63) is 30.1 Å². The number of benzene rings is 1.